The molecule has 1 atom stereocenters. The van der Waals surface area contributed by atoms with Crippen LogP contribution in [0.5, 0.6) is 0 Å². The van der Waals surface area contributed by atoms with Crippen molar-refractivity contribution in [3.05, 3.63) is 28.2 Å². The summed E-state index contributed by atoms with van der Waals surface area (Å²) in [6.07, 6.45) is -0.182. The molecule has 0 saturated carbocycles. The molecule has 1 aromatic rings. The maximum atomic E-state index is 12.4. The molecule has 8 heteroatoms. The van der Waals surface area contributed by atoms with Gasteiger partial charge in [0.25, 0.3) is 0 Å². The van der Waals surface area contributed by atoms with E-state index >= 15 is 0 Å². The number of hydrogen-bond donors (Lipinski definition) is 1. The quantitative estimate of drug-likeness (QED) is 0.823. The molecule has 1 unspecified atom stereocenters. The second kappa shape index (κ2) is 8.14. The number of halogens is 2. The van der Waals surface area contributed by atoms with Crippen molar-refractivity contribution in [1.29, 1.82) is 0 Å². The second-order valence-electron chi connectivity index (χ2n) is 6.05. The summed E-state index contributed by atoms with van der Waals surface area (Å²) in [7, 11) is -3.77. The van der Waals surface area contributed by atoms with Crippen LogP contribution in [0.1, 0.15) is 13.8 Å². The summed E-state index contributed by atoms with van der Waals surface area (Å²) in [5.41, 5.74) is 0. The highest BCUT2D eigenvalue weighted by Crippen LogP contribution is 2.28. The molecule has 5 nitrogen and oxygen atoms in total. The van der Waals surface area contributed by atoms with E-state index in [4.69, 9.17) is 27.9 Å². The first-order valence-electron chi connectivity index (χ1n) is 7.57. The molecule has 1 fully saturated rings. The Kier molecular flexibility index (Phi) is 6.71. The summed E-state index contributed by atoms with van der Waals surface area (Å²) < 4.78 is 33.1. The number of sulfonamides is 1. The molecule has 0 amide bonds. The van der Waals surface area contributed by atoms with Crippen molar-refractivity contribution >= 4 is 33.2 Å². The summed E-state index contributed by atoms with van der Waals surface area (Å²) in [5.74, 6) is 0.562. The maximum Gasteiger partial charge on any atom is 0.243 e. The molecule has 0 aromatic heterocycles. The lowest BCUT2D eigenvalue weighted by atomic mass is 10.2. The zero-order chi connectivity index (χ0) is 17.0. The van der Waals surface area contributed by atoms with Crippen molar-refractivity contribution in [2.45, 2.75) is 24.8 Å². The third-order valence-corrected chi connectivity index (χ3v) is 5.91. The zero-order valence-electron chi connectivity index (χ0n) is 13.3. The topological polar surface area (TPSA) is 58.6 Å². The maximum absolute atomic E-state index is 12.4. The smallest absolute Gasteiger partial charge is 0.243 e. The largest absolute Gasteiger partial charge is 0.374 e. The van der Waals surface area contributed by atoms with Crippen molar-refractivity contribution in [2.75, 3.05) is 32.8 Å². The van der Waals surface area contributed by atoms with Gasteiger partial charge in [0.05, 0.1) is 22.8 Å². The minimum atomic E-state index is -3.77. The Balaban J connectivity index is 1.99. The Morgan fingerprint density at radius 3 is 2.61 bits per heavy atom. The SMILES string of the molecule is CC(C)CN1CCOC(CNS(=O)(=O)c2c(Cl)cccc2Cl)C1. The molecule has 0 bridgehead atoms. The number of morpholine rings is 1. The van der Waals surface area contributed by atoms with Gasteiger partial charge in [0.1, 0.15) is 4.90 Å². The van der Waals surface area contributed by atoms with Crippen LogP contribution in [0.4, 0.5) is 0 Å². The average molecular weight is 381 g/mol. The van der Waals surface area contributed by atoms with Crippen LogP contribution in [0.15, 0.2) is 23.1 Å². The van der Waals surface area contributed by atoms with Crippen LogP contribution < -0.4 is 4.72 Å². The normalized spacial score (nSPS) is 20.1. The van der Waals surface area contributed by atoms with E-state index in [0.717, 1.165) is 13.1 Å². The Bertz CT molecular complexity index is 617. The van der Waals surface area contributed by atoms with Crippen LogP contribution in [0.3, 0.4) is 0 Å². The fourth-order valence-corrected chi connectivity index (χ4v) is 4.81. The summed E-state index contributed by atoms with van der Waals surface area (Å²) in [6.45, 7) is 7.67. The number of ether oxygens (including phenoxy) is 1. The first-order chi connectivity index (χ1) is 10.8. The van der Waals surface area contributed by atoms with Crippen LogP contribution in [0.25, 0.3) is 0 Å². The highest BCUT2D eigenvalue weighted by Gasteiger charge is 2.25. The van der Waals surface area contributed by atoms with Gasteiger partial charge in [0, 0.05) is 26.2 Å². The molecular formula is C15H22Cl2N2O3S. The molecule has 0 aliphatic carbocycles. The summed E-state index contributed by atoms with van der Waals surface area (Å²) in [4.78, 5) is 2.20. The number of hydrogen-bond acceptors (Lipinski definition) is 4. The number of rotatable bonds is 6. The van der Waals surface area contributed by atoms with Crippen molar-refractivity contribution in [3.63, 3.8) is 0 Å². The molecule has 130 valence electrons. The Hall–Kier alpha value is -0.370. The number of nitrogens with one attached hydrogen (secondary N) is 1. The monoisotopic (exact) mass is 380 g/mol. The predicted octanol–water partition coefficient (Wildman–Crippen LogP) is 2.63. The van der Waals surface area contributed by atoms with Crippen LogP contribution >= 0.6 is 23.2 Å². The van der Waals surface area contributed by atoms with Gasteiger partial charge >= 0.3 is 0 Å². The fourth-order valence-electron chi connectivity index (χ4n) is 2.60. The summed E-state index contributed by atoms with van der Waals surface area (Å²) in [6, 6.07) is 4.62. The molecule has 23 heavy (non-hydrogen) atoms. The highest BCUT2D eigenvalue weighted by atomic mass is 35.5. The molecule has 1 aliphatic heterocycles. The van der Waals surface area contributed by atoms with Crippen LogP contribution in [-0.2, 0) is 14.8 Å². The first kappa shape index (κ1) is 19.0. The van der Waals surface area contributed by atoms with Crippen molar-refractivity contribution in [2.24, 2.45) is 5.92 Å². The molecule has 1 aromatic carbocycles. The Morgan fingerprint density at radius 2 is 2.00 bits per heavy atom. The van der Waals surface area contributed by atoms with Crippen LogP contribution in [0, 0.1) is 5.92 Å². The number of benzene rings is 1. The zero-order valence-corrected chi connectivity index (χ0v) is 15.6. The summed E-state index contributed by atoms with van der Waals surface area (Å²) in [5, 5.41) is 0.215. The summed E-state index contributed by atoms with van der Waals surface area (Å²) >= 11 is 11.9. The van der Waals surface area contributed by atoms with E-state index in [1.165, 1.54) is 12.1 Å². The van der Waals surface area contributed by atoms with E-state index in [9.17, 15) is 8.42 Å². The average Bonchev–Trinajstić information content (AvgIpc) is 2.44. The molecule has 0 radical (unpaired) electrons. The Morgan fingerprint density at radius 1 is 1.35 bits per heavy atom. The van der Waals surface area contributed by atoms with Gasteiger partial charge in [-0.15, -0.1) is 0 Å². The van der Waals surface area contributed by atoms with Gasteiger partial charge in [0.15, 0.2) is 0 Å². The van der Waals surface area contributed by atoms with Gasteiger partial charge < -0.3 is 4.74 Å². The van der Waals surface area contributed by atoms with Gasteiger partial charge in [-0.05, 0) is 18.1 Å². The van der Waals surface area contributed by atoms with E-state index in [1.54, 1.807) is 6.07 Å². The lowest BCUT2D eigenvalue weighted by Crippen LogP contribution is -2.48. The van der Waals surface area contributed by atoms with Gasteiger partial charge in [-0.3, -0.25) is 4.90 Å². The lowest BCUT2D eigenvalue weighted by molar-refractivity contribution is -0.0280. The molecular weight excluding hydrogens is 359 g/mol. The molecule has 1 N–H and O–H groups in total. The van der Waals surface area contributed by atoms with Gasteiger partial charge in [-0.25, -0.2) is 13.1 Å². The third kappa shape index (κ3) is 5.31. The van der Waals surface area contributed by atoms with Gasteiger partial charge in [-0.1, -0.05) is 43.1 Å². The van der Waals surface area contributed by atoms with Crippen LogP contribution in [0.2, 0.25) is 10.0 Å². The van der Waals surface area contributed by atoms with E-state index in [1.807, 2.05) is 0 Å². The lowest BCUT2D eigenvalue weighted by Gasteiger charge is -2.33. The van der Waals surface area contributed by atoms with E-state index in [0.29, 0.717) is 19.1 Å². The minimum absolute atomic E-state index is 0.0850. The second-order valence-corrected chi connectivity index (χ2v) is 8.57. The molecule has 1 heterocycles. The Labute approximate surface area is 148 Å². The molecule has 2 rings (SSSR count). The molecule has 1 aliphatic rings. The first-order valence-corrected chi connectivity index (χ1v) is 9.81. The number of nitrogens with zero attached hydrogens (tertiary/aromatic N) is 1. The van der Waals surface area contributed by atoms with Gasteiger partial charge in [-0.2, -0.15) is 0 Å². The standard InChI is InChI=1S/C15H22Cl2N2O3S/c1-11(2)9-19-6-7-22-12(10-19)8-18-23(20,21)15-13(16)4-3-5-14(15)17/h3-5,11-12,18H,6-10H2,1-2H3. The van der Waals surface area contributed by atoms with E-state index in [2.05, 4.69) is 23.5 Å². The predicted molar refractivity (Wildman–Crippen MR) is 92.7 cm³/mol. The fraction of sp³-hybridized carbons (Fsp3) is 0.600. The van der Waals surface area contributed by atoms with E-state index < -0.39 is 10.0 Å². The van der Waals surface area contributed by atoms with Crippen LogP contribution in [-0.4, -0.2) is 52.2 Å². The highest BCUT2D eigenvalue weighted by molar-refractivity contribution is 7.89. The van der Waals surface area contributed by atoms with E-state index in [-0.39, 0.29) is 27.6 Å². The molecule has 0 spiro atoms. The molecule has 1 saturated heterocycles. The van der Waals surface area contributed by atoms with Crippen molar-refractivity contribution in [1.82, 2.24) is 9.62 Å². The van der Waals surface area contributed by atoms with Crippen molar-refractivity contribution in [3.8, 4) is 0 Å². The third-order valence-electron chi connectivity index (χ3n) is 3.53. The minimum Gasteiger partial charge on any atom is -0.374 e. The van der Waals surface area contributed by atoms with Crippen molar-refractivity contribution < 1.29 is 13.2 Å². The van der Waals surface area contributed by atoms with Gasteiger partial charge in [0.2, 0.25) is 10.0 Å².